The number of hydrogen-bond acceptors (Lipinski definition) is 22. The monoisotopic (exact) mass is 1780 g/mol. The van der Waals surface area contributed by atoms with E-state index in [1.54, 1.807) is 52.5 Å². The van der Waals surface area contributed by atoms with E-state index in [0.717, 1.165) is 92.4 Å². The summed E-state index contributed by atoms with van der Waals surface area (Å²) in [6, 6.07) is 80.4. The van der Waals surface area contributed by atoms with Crippen LogP contribution < -0.4 is 38.9 Å². The van der Waals surface area contributed by atoms with E-state index >= 15 is 0 Å². The number of ketones is 6. The lowest BCUT2D eigenvalue weighted by Gasteiger charge is -2.19. The third-order valence-electron chi connectivity index (χ3n) is 20.3. The van der Waals surface area contributed by atoms with Crippen LogP contribution in [0.25, 0.3) is 86.7 Å². The van der Waals surface area contributed by atoms with Crippen molar-refractivity contribution >= 4 is 144 Å². The molecule has 127 heavy (non-hydrogen) atoms. The lowest BCUT2D eigenvalue weighted by molar-refractivity contribution is -0.152. The predicted molar refractivity (Wildman–Crippen MR) is 505 cm³/mol. The van der Waals surface area contributed by atoms with Gasteiger partial charge in [-0.2, -0.15) is 4.98 Å². The van der Waals surface area contributed by atoms with E-state index in [0.29, 0.717) is 80.1 Å². The maximum atomic E-state index is 12.5. The molecule has 0 aliphatic carbocycles. The Balaban J connectivity index is 0.000000183. The molecule has 15 aromatic rings. The number of rotatable bonds is 22. The number of aliphatic hydroxyl groups excluding tert-OH is 2. The van der Waals surface area contributed by atoms with Crippen LogP contribution in [0.15, 0.2) is 259 Å². The fourth-order valence-electron chi connectivity index (χ4n) is 14.3. The molecule has 1 heterocycles. The van der Waals surface area contributed by atoms with Crippen molar-refractivity contribution in [2.45, 2.75) is 105 Å². The molecule has 5 unspecified atom stereocenters. The van der Waals surface area contributed by atoms with Gasteiger partial charge in [0, 0.05) is 31.4 Å². The van der Waals surface area contributed by atoms with Crippen LogP contribution in [-0.4, -0.2) is 129 Å². The number of aromatic nitrogens is 1. The summed E-state index contributed by atoms with van der Waals surface area (Å²) in [5, 5.41) is 32.7. The van der Waals surface area contributed by atoms with Crippen LogP contribution in [0.1, 0.15) is 140 Å². The number of nitrogen functional groups attached to an aromatic ring is 1. The van der Waals surface area contributed by atoms with Crippen LogP contribution in [0, 0.1) is 6.92 Å². The van der Waals surface area contributed by atoms with E-state index in [-0.39, 0.29) is 53.0 Å². The average Bonchev–Trinajstić information content (AvgIpc) is 1.74. The molecule has 0 saturated carbocycles. The molecule has 0 fully saturated rings. The van der Waals surface area contributed by atoms with Crippen LogP contribution in [0.2, 0.25) is 0 Å². The van der Waals surface area contributed by atoms with Gasteiger partial charge in [0.15, 0.2) is 46.9 Å². The van der Waals surface area contributed by atoms with Crippen molar-refractivity contribution in [3.63, 3.8) is 0 Å². The summed E-state index contributed by atoms with van der Waals surface area (Å²) in [5.41, 5.74) is 10.6. The molecule has 14 aromatic carbocycles. The minimum atomic E-state index is -1.14. The highest BCUT2D eigenvalue weighted by Crippen LogP contribution is 2.42. The standard InChI is InChI=1S/2C16H16O4.C15H14N2O2.C14H13BrO2.2C14H14O3.C14H14O2.CH4/c1-10(20-11(2)17)16(18)15-13-7-5-4-6-12(13)8-9-14(15)19-3;1-10(17)16(20-11(2)18)15-13-7-5-4-6-12(13)8-9-14(15)19-3;1-9-14(19-15(16)17-9)13-11-6-4-3-5-10(11)7-8-12(13)18-2;3*1-9(15)14(16)13-11-6-4-3-5-10(11)7-8-12(13)17-2;1-3-12(15)14-11-7-5-4-6-10(11)8-9-13(14)16-2;/h4-10H,1-3H3;4-9,16H,1-3H3;3-8H,1-2H3,(H2,16,17);3-9H,1-2H3;3-8,14,16H,1-2H3;3-9,15H,1-2H3;4-9H,3H2,1-2H3;1H4. The van der Waals surface area contributed by atoms with Gasteiger partial charge in [-0.15, -0.1) is 0 Å². The molecule has 0 spiro atoms. The number of anilines is 1. The second-order valence-corrected chi connectivity index (χ2v) is 30.0. The first-order chi connectivity index (χ1) is 60.5. The predicted octanol–water partition coefficient (Wildman–Crippen LogP) is 22.2. The Kier molecular flexibility index (Phi) is 36.0. The molecule has 0 aliphatic rings. The molecule has 4 N–H and O–H groups in total. The smallest absolute Gasteiger partial charge is 0.303 e. The number of fused-ring (bicyclic) bond motifs is 7. The number of benzene rings is 14. The van der Waals surface area contributed by atoms with Crippen molar-refractivity contribution in [1.29, 1.82) is 0 Å². The van der Waals surface area contributed by atoms with Gasteiger partial charge >= 0.3 is 11.9 Å². The van der Waals surface area contributed by atoms with Crippen molar-refractivity contribution in [2.24, 2.45) is 0 Å². The SMILES string of the molecule is C.CCC(=O)c1c(OC)ccc2ccccc12.COc1ccc2ccccc2c1-c1oc(N)nc1C.COc1ccc2ccccc2c1C(=O)C(C)Br.COc1ccc2ccccc2c1C(=O)C(C)O.COc1ccc2ccccc2c1C(=O)C(C)OC(C)=O.COc1ccc2ccccc2c1C(O)C(C)=O.COc1ccc2ccccc2c1C(OC(C)=O)C(C)=O. The lowest BCUT2D eigenvalue weighted by Crippen LogP contribution is -2.23. The molecule has 23 heteroatoms. The number of alkyl halides is 1. The fraction of sp³-hybridized carbons (Fsp3) is 0.221. The molecular weight excluding hydrogens is 1680 g/mol. The van der Waals surface area contributed by atoms with E-state index in [9.17, 15) is 48.6 Å². The van der Waals surface area contributed by atoms with Crippen LogP contribution in [0.4, 0.5) is 6.01 Å². The van der Waals surface area contributed by atoms with Gasteiger partial charge in [0.2, 0.25) is 5.78 Å². The van der Waals surface area contributed by atoms with Gasteiger partial charge < -0.3 is 63.0 Å². The zero-order valence-corrected chi connectivity index (χ0v) is 74.6. The Morgan fingerprint density at radius 3 is 1.01 bits per heavy atom. The van der Waals surface area contributed by atoms with Gasteiger partial charge in [-0.1, -0.05) is 243 Å². The maximum absolute atomic E-state index is 12.5. The topological polar surface area (TPSA) is 312 Å². The van der Waals surface area contributed by atoms with Gasteiger partial charge in [-0.05, 0) is 159 Å². The van der Waals surface area contributed by atoms with Crippen LogP contribution >= 0.6 is 15.9 Å². The number of halogens is 1. The Morgan fingerprint density at radius 2 is 0.677 bits per heavy atom. The fourth-order valence-corrected chi connectivity index (χ4v) is 14.5. The number of oxazole rings is 1. The third-order valence-corrected chi connectivity index (χ3v) is 20.7. The van der Waals surface area contributed by atoms with Gasteiger partial charge in [0.1, 0.15) is 52.5 Å². The van der Waals surface area contributed by atoms with Gasteiger partial charge in [-0.25, -0.2) is 0 Å². The van der Waals surface area contributed by atoms with Crippen LogP contribution in [0.5, 0.6) is 40.2 Å². The second kappa shape index (κ2) is 46.6. The second-order valence-electron chi connectivity index (χ2n) is 28.6. The van der Waals surface area contributed by atoms with Crippen molar-refractivity contribution < 1.29 is 95.6 Å². The molecule has 0 radical (unpaired) electrons. The molecule has 658 valence electrons. The Bertz CT molecular complexity index is 6350. The number of carbonyl (C=O) groups is 8. The van der Waals surface area contributed by atoms with Crippen molar-refractivity contribution in [3.8, 4) is 51.6 Å². The summed E-state index contributed by atoms with van der Waals surface area (Å²) in [4.78, 5) is 98.0. The number of ether oxygens (including phenoxy) is 9. The van der Waals surface area contributed by atoms with Gasteiger partial charge in [0.05, 0.1) is 88.1 Å². The van der Waals surface area contributed by atoms with Crippen molar-refractivity contribution in [2.75, 3.05) is 55.5 Å². The van der Waals surface area contributed by atoms with E-state index in [1.807, 2.05) is 251 Å². The first kappa shape index (κ1) is 98.3. The minimum Gasteiger partial charge on any atom is -0.496 e. The first-order valence-electron chi connectivity index (χ1n) is 40.2. The summed E-state index contributed by atoms with van der Waals surface area (Å²) >= 11 is 3.32. The zero-order valence-electron chi connectivity index (χ0n) is 73.0. The van der Waals surface area contributed by atoms with E-state index < -0.39 is 36.4 Å². The number of esters is 2. The largest absolute Gasteiger partial charge is 0.496 e. The number of hydrogen-bond donors (Lipinski definition) is 3. The molecule has 0 saturated heterocycles. The van der Waals surface area contributed by atoms with Crippen LogP contribution in [-0.2, 0) is 28.7 Å². The summed E-state index contributed by atoms with van der Waals surface area (Å²) in [6.45, 7) is 13.9. The quantitative estimate of drug-likeness (QED) is 0.0322. The third kappa shape index (κ3) is 23.9. The number of aryl methyl sites for hydroxylation is 1. The molecule has 0 aliphatic heterocycles. The summed E-state index contributed by atoms with van der Waals surface area (Å²) < 4.78 is 52.7. The Hall–Kier alpha value is -14.1. The first-order valence-corrected chi connectivity index (χ1v) is 41.1. The van der Waals surface area contributed by atoms with Gasteiger partial charge in [0.25, 0.3) is 6.01 Å². The number of aliphatic hydroxyl groups is 2. The van der Waals surface area contributed by atoms with E-state index in [2.05, 4.69) is 20.9 Å². The molecule has 22 nitrogen and oxygen atoms in total. The maximum Gasteiger partial charge on any atom is 0.303 e. The number of nitrogens with zero attached hydrogens (tertiary/aromatic N) is 1. The molecule has 5 atom stereocenters. The molecular formula is C104H105BrN2O20. The highest BCUT2D eigenvalue weighted by atomic mass is 79.9. The zero-order chi connectivity index (χ0) is 91.6. The number of carbonyl (C=O) groups excluding carboxylic acids is 8. The van der Waals surface area contributed by atoms with E-state index in [4.69, 9.17) is 52.8 Å². The van der Waals surface area contributed by atoms with Gasteiger partial charge in [-0.3, -0.25) is 38.4 Å². The van der Waals surface area contributed by atoms with Crippen molar-refractivity contribution in [3.05, 3.63) is 294 Å². The summed E-state index contributed by atoms with van der Waals surface area (Å²) in [6.07, 6.45) is -3.48. The minimum absolute atomic E-state index is 0. The number of methoxy groups -OCH3 is 7. The Morgan fingerprint density at radius 1 is 0.378 bits per heavy atom. The molecule has 1 aromatic heterocycles. The average molecular weight is 1780 g/mol. The highest BCUT2D eigenvalue weighted by molar-refractivity contribution is 9.10. The van der Waals surface area contributed by atoms with Crippen LogP contribution in [0.3, 0.4) is 0 Å². The summed E-state index contributed by atoms with van der Waals surface area (Å²) in [7, 11) is 10.9. The Labute approximate surface area is 746 Å². The molecule has 15 rings (SSSR count). The highest BCUT2D eigenvalue weighted by Gasteiger charge is 2.29. The van der Waals surface area contributed by atoms with Crippen molar-refractivity contribution in [1.82, 2.24) is 4.98 Å². The number of nitrogens with two attached hydrogens (primary N) is 1. The normalized spacial score (nSPS) is 11.7. The molecule has 0 amide bonds. The lowest BCUT2D eigenvalue weighted by atomic mass is 9.97. The molecule has 0 bridgehead atoms. The van der Waals surface area contributed by atoms with E-state index in [1.165, 1.54) is 63.1 Å². The number of Topliss-reactive ketones (excluding diaryl/α,β-unsaturated/α-hetero) is 6. The summed E-state index contributed by atoms with van der Waals surface area (Å²) in [5.74, 6) is 2.79.